The highest BCUT2D eigenvalue weighted by molar-refractivity contribution is 7.14. The standard InChI is InChI=1S/C15H16N4OS/c1-7-5-8(2)16-12(7)6-11-13(18-19-15(11)20)14-9(3)17-10(4)21-14/h5-6,16H,1-4H3,(H,19,20)/b11-6-. The molecule has 0 atom stereocenters. The van der Waals surface area contributed by atoms with Crippen LogP contribution in [0.4, 0.5) is 0 Å². The second-order valence-corrected chi connectivity index (χ2v) is 6.36. The summed E-state index contributed by atoms with van der Waals surface area (Å²) in [5.41, 5.74) is 7.81. The molecule has 0 unspecified atom stereocenters. The van der Waals surface area contributed by atoms with Crippen LogP contribution in [0.2, 0.25) is 0 Å². The third kappa shape index (κ3) is 2.42. The Labute approximate surface area is 126 Å². The van der Waals surface area contributed by atoms with Crippen molar-refractivity contribution in [2.24, 2.45) is 5.10 Å². The van der Waals surface area contributed by atoms with Gasteiger partial charge in [0.2, 0.25) is 0 Å². The number of aromatic amines is 1. The van der Waals surface area contributed by atoms with E-state index in [-0.39, 0.29) is 5.91 Å². The van der Waals surface area contributed by atoms with Gasteiger partial charge in [0.05, 0.1) is 21.2 Å². The first-order valence-corrected chi connectivity index (χ1v) is 7.48. The number of H-pyrrole nitrogens is 1. The van der Waals surface area contributed by atoms with Crippen molar-refractivity contribution < 1.29 is 4.79 Å². The van der Waals surface area contributed by atoms with Crippen LogP contribution < -0.4 is 5.43 Å². The minimum Gasteiger partial charge on any atom is -0.359 e. The van der Waals surface area contributed by atoms with E-state index in [9.17, 15) is 4.79 Å². The van der Waals surface area contributed by atoms with E-state index >= 15 is 0 Å². The fourth-order valence-electron chi connectivity index (χ4n) is 2.44. The Morgan fingerprint density at radius 3 is 2.57 bits per heavy atom. The molecule has 0 bridgehead atoms. The highest BCUT2D eigenvalue weighted by atomic mass is 32.1. The normalized spacial score (nSPS) is 16.5. The summed E-state index contributed by atoms with van der Waals surface area (Å²) in [6.07, 6.45) is 1.86. The predicted molar refractivity (Wildman–Crippen MR) is 84.5 cm³/mol. The van der Waals surface area contributed by atoms with Crippen LogP contribution in [0.25, 0.3) is 6.08 Å². The van der Waals surface area contributed by atoms with Gasteiger partial charge in [-0.15, -0.1) is 11.3 Å². The van der Waals surface area contributed by atoms with E-state index in [0.717, 1.165) is 32.5 Å². The molecule has 6 heteroatoms. The zero-order chi connectivity index (χ0) is 15.1. The van der Waals surface area contributed by atoms with E-state index in [1.165, 1.54) is 0 Å². The summed E-state index contributed by atoms with van der Waals surface area (Å²) < 4.78 is 0. The molecule has 0 saturated carbocycles. The van der Waals surface area contributed by atoms with Gasteiger partial charge >= 0.3 is 0 Å². The van der Waals surface area contributed by atoms with Crippen molar-refractivity contribution in [2.75, 3.05) is 0 Å². The lowest BCUT2D eigenvalue weighted by molar-refractivity contribution is -0.116. The number of rotatable bonds is 2. The molecule has 108 valence electrons. The molecule has 3 rings (SSSR count). The van der Waals surface area contributed by atoms with Crippen LogP contribution in [-0.2, 0) is 4.79 Å². The van der Waals surface area contributed by atoms with Crippen molar-refractivity contribution in [1.82, 2.24) is 15.4 Å². The number of aryl methyl sites for hydroxylation is 4. The lowest BCUT2D eigenvalue weighted by Crippen LogP contribution is -2.13. The van der Waals surface area contributed by atoms with Crippen molar-refractivity contribution in [3.8, 4) is 0 Å². The number of amides is 1. The zero-order valence-corrected chi connectivity index (χ0v) is 13.2. The van der Waals surface area contributed by atoms with Gasteiger partial charge < -0.3 is 4.98 Å². The van der Waals surface area contributed by atoms with Gasteiger partial charge in [0.1, 0.15) is 5.71 Å². The lowest BCUT2D eigenvalue weighted by Gasteiger charge is -2.00. The summed E-state index contributed by atoms with van der Waals surface area (Å²) in [6.45, 7) is 7.90. The second kappa shape index (κ2) is 4.96. The maximum Gasteiger partial charge on any atom is 0.273 e. The Hall–Kier alpha value is -2.21. The summed E-state index contributed by atoms with van der Waals surface area (Å²) in [7, 11) is 0. The van der Waals surface area contributed by atoms with Crippen molar-refractivity contribution in [3.05, 3.63) is 44.2 Å². The van der Waals surface area contributed by atoms with Crippen LogP contribution >= 0.6 is 11.3 Å². The predicted octanol–water partition coefficient (Wildman–Crippen LogP) is 2.62. The largest absolute Gasteiger partial charge is 0.359 e. The molecule has 21 heavy (non-hydrogen) atoms. The highest BCUT2D eigenvalue weighted by Gasteiger charge is 2.27. The Morgan fingerprint density at radius 1 is 1.24 bits per heavy atom. The molecule has 2 aromatic heterocycles. The molecule has 0 fully saturated rings. The van der Waals surface area contributed by atoms with Gasteiger partial charge in [0.25, 0.3) is 5.91 Å². The van der Waals surface area contributed by atoms with Crippen molar-refractivity contribution >= 4 is 29.0 Å². The van der Waals surface area contributed by atoms with Gasteiger partial charge in [-0.25, -0.2) is 10.4 Å². The summed E-state index contributed by atoms with van der Waals surface area (Å²) >= 11 is 1.55. The number of hydrazone groups is 1. The third-order valence-corrected chi connectivity index (χ3v) is 4.45. The second-order valence-electron chi connectivity index (χ2n) is 5.16. The van der Waals surface area contributed by atoms with Crippen LogP contribution in [0.1, 0.15) is 32.5 Å². The number of hydrogen-bond donors (Lipinski definition) is 2. The molecule has 0 radical (unpaired) electrons. The number of nitrogens with one attached hydrogen (secondary N) is 2. The first-order valence-electron chi connectivity index (χ1n) is 6.66. The molecular weight excluding hydrogens is 284 g/mol. The van der Waals surface area contributed by atoms with Gasteiger partial charge in [-0.1, -0.05) is 0 Å². The fourth-order valence-corrected chi connectivity index (χ4v) is 3.36. The van der Waals surface area contributed by atoms with Crippen LogP contribution in [0.5, 0.6) is 0 Å². The van der Waals surface area contributed by atoms with Gasteiger partial charge in [-0.2, -0.15) is 5.10 Å². The van der Waals surface area contributed by atoms with Crippen LogP contribution in [0.3, 0.4) is 0 Å². The fraction of sp³-hybridized carbons (Fsp3) is 0.267. The zero-order valence-electron chi connectivity index (χ0n) is 12.4. The van der Waals surface area contributed by atoms with E-state index in [2.05, 4.69) is 26.6 Å². The molecule has 3 heterocycles. The SMILES string of the molecule is Cc1cc(C)c(/C=C2\C(=O)NN=C2c2sc(C)nc2C)[nH]1. The molecule has 1 amide bonds. The number of aromatic nitrogens is 2. The smallest absolute Gasteiger partial charge is 0.273 e. The Balaban J connectivity index is 2.08. The molecular formula is C15H16N4OS. The monoisotopic (exact) mass is 300 g/mol. The molecule has 1 aliphatic rings. The van der Waals surface area contributed by atoms with E-state index in [0.29, 0.717) is 11.3 Å². The van der Waals surface area contributed by atoms with Gasteiger partial charge in [0.15, 0.2) is 0 Å². The molecule has 0 spiro atoms. The maximum absolute atomic E-state index is 12.1. The number of carbonyl (C=O) groups is 1. The quantitative estimate of drug-likeness (QED) is 0.837. The lowest BCUT2D eigenvalue weighted by atomic mass is 10.1. The number of carbonyl (C=O) groups excluding carboxylic acids is 1. The van der Waals surface area contributed by atoms with Gasteiger partial charge in [0, 0.05) is 11.4 Å². The summed E-state index contributed by atoms with van der Waals surface area (Å²) in [5.74, 6) is -0.179. The van der Waals surface area contributed by atoms with E-state index in [1.54, 1.807) is 11.3 Å². The first kappa shape index (κ1) is 13.8. The van der Waals surface area contributed by atoms with Gasteiger partial charge in [-0.3, -0.25) is 4.79 Å². The van der Waals surface area contributed by atoms with Crippen LogP contribution in [0, 0.1) is 27.7 Å². The Kier molecular flexibility index (Phi) is 3.25. The van der Waals surface area contributed by atoms with Crippen molar-refractivity contribution in [2.45, 2.75) is 27.7 Å². The summed E-state index contributed by atoms with van der Waals surface area (Å²) in [4.78, 5) is 20.7. The van der Waals surface area contributed by atoms with Crippen LogP contribution in [0.15, 0.2) is 16.7 Å². The summed E-state index contributed by atoms with van der Waals surface area (Å²) in [6, 6.07) is 2.05. The van der Waals surface area contributed by atoms with E-state index < -0.39 is 0 Å². The number of thiazole rings is 1. The molecule has 2 aromatic rings. The topological polar surface area (TPSA) is 70.1 Å². The van der Waals surface area contributed by atoms with Gasteiger partial charge in [-0.05, 0) is 45.4 Å². The highest BCUT2D eigenvalue weighted by Crippen LogP contribution is 2.25. The average Bonchev–Trinajstić information content (AvgIpc) is 3.01. The first-order chi connectivity index (χ1) is 9.95. The van der Waals surface area contributed by atoms with Crippen LogP contribution in [-0.4, -0.2) is 21.6 Å². The minimum absolute atomic E-state index is 0.179. The average molecular weight is 300 g/mol. The summed E-state index contributed by atoms with van der Waals surface area (Å²) in [5, 5.41) is 5.15. The molecule has 2 N–H and O–H groups in total. The minimum atomic E-state index is -0.179. The molecule has 0 aromatic carbocycles. The molecule has 1 aliphatic heterocycles. The molecule has 5 nitrogen and oxygen atoms in total. The van der Waals surface area contributed by atoms with E-state index in [1.807, 2.05) is 33.8 Å². The van der Waals surface area contributed by atoms with Crippen molar-refractivity contribution in [3.63, 3.8) is 0 Å². The molecule has 0 aliphatic carbocycles. The van der Waals surface area contributed by atoms with E-state index in [4.69, 9.17) is 0 Å². The number of hydrogen-bond acceptors (Lipinski definition) is 4. The Bertz CT molecular complexity index is 795. The third-order valence-electron chi connectivity index (χ3n) is 3.37. The van der Waals surface area contributed by atoms with Crippen molar-refractivity contribution in [1.29, 1.82) is 0 Å². The molecule has 0 saturated heterocycles. The number of nitrogens with zero attached hydrogens (tertiary/aromatic N) is 2. The maximum atomic E-state index is 12.1. The Morgan fingerprint density at radius 2 is 2.00 bits per heavy atom.